The van der Waals surface area contributed by atoms with Crippen molar-refractivity contribution in [2.75, 3.05) is 47.2 Å². The number of carbonyl (C=O) groups excluding carboxylic acids is 1. The van der Waals surface area contributed by atoms with Gasteiger partial charge in [-0.2, -0.15) is 5.26 Å². The molecule has 49 heavy (non-hydrogen) atoms. The van der Waals surface area contributed by atoms with Crippen LogP contribution >= 0.6 is 0 Å². The van der Waals surface area contributed by atoms with Crippen molar-refractivity contribution in [3.63, 3.8) is 0 Å². The van der Waals surface area contributed by atoms with Crippen LogP contribution in [0.3, 0.4) is 0 Å². The zero-order chi connectivity index (χ0) is 34.7. The molecule has 0 saturated carbocycles. The van der Waals surface area contributed by atoms with Gasteiger partial charge in [0.05, 0.1) is 37.8 Å². The van der Waals surface area contributed by atoms with Gasteiger partial charge in [0.25, 0.3) is 0 Å². The van der Waals surface area contributed by atoms with Crippen molar-refractivity contribution in [2.24, 2.45) is 0 Å². The predicted molar refractivity (Wildman–Crippen MR) is 183 cm³/mol. The van der Waals surface area contributed by atoms with Crippen LogP contribution in [-0.4, -0.2) is 97.1 Å². The van der Waals surface area contributed by atoms with Crippen molar-refractivity contribution in [3.05, 3.63) is 63.8 Å². The molecule has 0 spiro atoms. The lowest BCUT2D eigenvalue weighted by Crippen LogP contribution is -2.69. The summed E-state index contributed by atoms with van der Waals surface area (Å²) in [5, 5.41) is 25.9. The number of nitriles is 1. The number of nitrogens with zero attached hydrogens (tertiary/aromatic N) is 4. The molecule has 256 valence electrons. The van der Waals surface area contributed by atoms with Gasteiger partial charge in [0.2, 0.25) is 12.7 Å². The third-order valence-corrected chi connectivity index (χ3v) is 11.1. The number of aromatic hydroxyl groups is 1. The minimum atomic E-state index is -0.538. The Morgan fingerprint density at radius 3 is 2.67 bits per heavy atom. The van der Waals surface area contributed by atoms with Gasteiger partial charge in [-0.25, -0.2) is 0 Å². The van der Waals surface area contributed by atoms with Crippen molar-refractivity contribution in [1.29, 1.82) is 5.26 Å². The number of amides is 1. The lowest BCUT2D eigenvalue weighted by atomic mass is 9.71. The molecule has 2 aromatic carbocycles. The number of likely N-dealkylation sites (N-methyl/N-ethyl adjacent to an activating group) is 1. The van der Waals surface area contributed by atoms with Crippen molar-refractivity contribution < 1.29 is 28.8 Å². The van der Waals surface area contributed by atoms with Gasteiger partial charge in [0, 0.05) is 47.4 Å². The molecular weight excluding hydrogens is 622 g/mol. The molecule has 1 unspecified atom stereocenters. The molecule has 2 aromatic rings. The van der Waals surface area contributed by atoms with E-state index < -0.39 is 18.1 Å². The summed E-state index contributed by atoms with van der Waals surface area (Å²) >= 11 is 0. The number of benzene rings is 2. The smallest absolute Gasteiger partial charge is 0.237 e. The summed E-state index contributed by atoms with van der Waals surface area (Å²) in [7, 11) is 3.60. The quantitative estimate of drug-likeness (QED) is 0.462. The number of phenols is 1. The van der Waals surface area contributed by atoms with Gasteiger partial charge in [-0.1, -0.05) is 30.7 Å². The fraction of sp³-hybridized carbons (Fsp3) is 0.474. The van der Waals surface area contributed by atoms with Crippen LogP contribution < -0.4 is 24.3 Å². The Hall–Kier alpha value is -4.68. The maximum atomic E-state index is 13.9. The van der Waals surface area contributed by atoms with Crippen LogP contribution in [0.25, 0.3) is 0 Å². The van der Waals surface area contributed by atoms with E-state index in [0.29, 0.717) is 48.9 Å². The van der Waals surface area contributed by atoms with Gasteiger partial charge in [-0.3, -0.25) is 19.5 Å². The number of fused-ring (bicyclic) bond motifs is 8. The lowest BCUT2D eigenvalue weighted by molar-refractivity contribution is -0.126. The molecule has 0 aliphatic carbocycles. The minimum Gasteiger partial charge on any atom is -0.504 e. The van der Waals surface area contributed by atoms with E-state index in [2.05, 4.69) is 39.8 Å². The number of terminal acetylenes is 1. The number of hydrogen-bond acceptors (Lipinski definition) is 10. The Labute approximate surface area is 287 Å². The fourth-order valence-electron chi connectivity index (χ4n) is 8.78. The van der Waals surface area contributed by atoms with Crippen molar-refractivity contribution in [3.8, 4) is 47.2 Å². The molecule has 11 nitrogen and oxygen atoms in total. The summed E-state index contributed by atoms with van der Waals surface area (Å²) in [5.41, 5.74) is 6.03. The number of aryl methyl sites for hydroxylation is 1. The molecule has 5 aliphatic rings. The standard InChI is InChI=1S/C38H43N5O6/c1-8-11-42-12-9-10-20(2)18-47-35-22(4)36-37(49-19-48-36)31-25(35)15-27-32-30-24(13-21(3)34(46-7)33(30)44)14-26(41(32)6)28(16-39)43(27)29(31)17-40-38(45)23(42)5/h1,9-10,13,23,26-29,32,44H,2,11-12,14-15,17-19H2,3-7H3,(H,40,45)/b10-9+/t23-,26-,27-,28-,29?,32-/m0/s1. The molecule has 7 rings (SSSR count). The summed E-state index contributed by atoms with van der Waals surface area (Å²) < 4.78 is 24.6. The minimum absolute atomic E-state index is 0.0537. The summed E-state index contributed by atoms with van der Waals surface area (Å²) in [4.78, 5) is 20.3. The highest BCUT2D eigenvalue weighted by Crippen LogP contribution is 2.58. The number of hydrogen-bond donors (Lipinski definition) is 2. The van der Waals surface area contributed by atoms with Crippen LogP contribution in [0.4, 0.5) is 0 Å². The zero-order valence-electron chi connectivity index (χ0n) is 28.7. The van der Waals surface area contributed by atoms with Gasteiger partial charge in [0.1, 0.15) is 18.4 Å². The maximum absolute atomic E-state index is 13.9. The average molecular weight is 666 g/mol. The first kappa shape index (κ1) is 32.8. The van der Waals surface area contributed by atoms with E-state index in [4.69, 9.17) is 25.4 Å². The van der Waals surface area contributed by atoms with E-state index in [-0.39, 0.29) is 49.7 Å². The Kier molecular flexibility index (Phi) is 8.48. The van der Waals surface area contributed by atoms with Crippen LogP contribution in [0.1, 0.15) is 52.4 Å². The van der Waals surface area contributed by atoms with Crippen molar-refractivity contribution in [1.82, 2.24) is 20.0 Å². The van der Waals surface area contributed by atoms with Gasteiger partial charge < -0.3 is 29.4 Å². The Bertz CT molecular complexity index is 1840. The topological polar surface area (TPSA) is 120 Å². The largest absolute Gasteiger partial charge is 0.504 e. The zero-order valence-corrected chi connectivity index (χ0v) is 28.7. The molecule has 6 atom stereocenters. The van der Waals surface area contributed by atoms with Gasteiger partial charge in [-0.15, -0.1) is 6.42 Å². The second-order valence-corrected chi connectivity index (χ2v) is 13.7. The van der Waals surface area contributed by atoms with E-state index in [1.54, 1.807) is 7.11 Å². The Balaban J connectivity index is 1.44. The first-order chi connectivity index (χ1) is 23.6. The van der Waals surface area contributed by atoms with Gasteiger partial charge >= 0.3 is 0 Å². The highest BCUT2D eigenvalue weighted by atomic mass is 16.7. The monoisotopic (exact) mass is 665 g/mol. The van der Waals surface area contributed by atoms with E-state index in [1.807, 2.05) is 44.9 Å². The number of methoxy groups -OCH3 is 1. The normalized spacial score (nSPS) is 28.8. The van der Waals surface area contributed by atoms with Crippen LogP contribution in [-0.2, 0) is 17.6 Å². The first-order valence-corrected chi connectivity index (χ1v) is 16.8. The van der Waals surface area contributed by atoms with E-state index in [9.17, 15) is 15.2 Å². The molecule has 5 aliphatic heterocycles. The summed E-state index contributed by atoms with van der Waals surface area (Å²) in [6.07, 6.45) is 10.6. The molecule has 6 bridgehead atoms. The molecular formula is C38H43N5O6. The number of nitrogens with one attached hydrogen (secondary N) is 1. The molecule has 11 heteroatoms. The molecule has 0 aromatic heterocycles. The average Bonchev–Trinajstić information content (AvgIpc) is 3.57. The molecule has 0 radical (unpaired) electrons. The van der Waals surface area contributed by atoms with Crippen LogP contribution in [0, 0.1) is 37.5 Å². The number of carbonyl (C=O) groups is 1. The maximum Gasteiger partial charge on any atom is 0.237 e. The number of ether oxygens (including phenoxy) is 4. The lowest BCUT2D eigenvalue weighted by Gasteiger charge is -2.60. The molecule has 1 fully saturated rings. The third kappa shape index (κ3) is 5.11. The van der Waals surface area contributed by atoms with Gasteiger partial charge in [0.15, 0.2) is 23.0 Å². The van der Waals surface area contributed by atoms with Crippen LogP contribution in [0.5, 0.6) is 28.7 Å². The predicted octanol–water partition coefficient (Wildman–Crippen LogP) is 3.46. The Morgan fingerprint density at radius 2 is 1.94 bits per heavy atom. The second-order valence-electron chi connectivity index (χ2n) is 13.7. The second kappa shape index (κ2) is 12.6. The van der Waals surface area contributed by atoms with Crippen molar-refractivity contribution in [2.45, 2.75) is 69.9 Å². The highest BCUT2D eigenvalue weighted by molar-refractivity contribution is 5.81. The third-order valence-electron chi connectivity index (χ3n) is 11.1. The number of rotatable bonds is 2. The highest BCUT2D eigenvalue weighted by Gasteiger charge is 2.57. The molecule has 1 amide bonds. The van der Waals surface area contributed by atoms with Gasteiger partial charge in [-0.05, 0) is 57.4 Å². The SMILES string of the molecule is C#CCN1C/C=C/C(=C)COc2c(C)c3c(c4c2C[C@H]2[C@H]5c6c(cc(C)c(OC)c6O)C[C@@H]([C@H](C#N)N2C4CNC(=O)[C@@H]1C)N5C)OCO3. The summed E-state index contributed by atoms with van der Waals surface area (Å²) in [5.74, 6) is 4.98. The molecule has 2 N–H and O–H groups in total. The first-order valence-electron chi connectivity index (χ1n) is 16.8. The van der Waals surface area contributed by atoms with Crippen LogP contribution in [0.2, 0.25) is 0 Å². The summed E-state index contributed by atoms with van der Waals surface area (Å²) in [6.45, 7) is 11.2. The number of piperazine rings is 1. The van der Waals surface area contributed by atoms with Crippen molar-refractivity contribution >= 4 is 5.91 Å². The van der Waals surface area contributed by atoms with E-state index in [0.717, 1.165) is 39.0 Å². The molecule has 1 saturated heterocycles. The van der Waals surface area contributed by atoms with E-state index >= 15 is 0 Å². The fourth-order valence-corrected chi connectivity index (χ4v) is 8.78. The van der Waals surface area contributed by atoms with E-state index in [1.165, 1.54) is 0 Å². The van der Waals surface area contributed by atoms with Crippen LogP contribution in [0.15, 0.2) is 30.4 Å². The Morgan fingerprint density at radius 1 is 1.16 bits per heavy atom. The number of phenolic OH excluding ortho intramolecular Hbond substituents is 1. The summed E-state index contributed by atoms with van der Waals surface area (Å²) in [6, 6.07) is 2.46. The molecule has 5 heterocycles.